The molecule has 0 aliphatic rings. The van der Waals surface area contributed by atoms with Crippen LogP contribution in [0.2, 0.25) is 0 Å². The van der Waals surface area contributed by atoms with Crippen LogP contribution in [0.4, 0.5) is 5.69 Å². The zero-order chi connectivity index (χ0) is 27.7. The molecule has 1 unspecified atom stereocenters. The van der Waals surface area contributed by atoms with Crippen molar-refractivity contribution in [1.82, 2.24) is 21.5 Å². The van der Waals surface area contributed by atoms with Gasteiger partial charge in [0, 0.05) is 35.7 Å². The van der Waals surface area contributed by atoms with Gasteiger partial charge in [0.2, 0.25) is 0 Å². The second-order valence-corrected chi connectivity index (χ2v) is 10.9. The lowest BCUT2D eigenvalue weighted by Gasteiger charge is -2.39. The summed E-state index contributed by atoms with van der Waals surface area (Å²) in [6.07, 6.45) is 0.654. The maximum absolute atomic E-state index is 11.0. The molecule has 1 aromatic rings. The van der Waals surface area contributed by atoms with Gasteiger partial charge in [-0.15, -0.1) is 0 Å². The first-order valence-electron chi connectivity index (χ1n) is 11.3. The minimum absolute atomic E-state index is 0.0291. The molecule has 0 bridgehead atoms. The Labute approximate surface area is 223 Å². The van der Waals surface area contributed by atoms with Crippen molar-refractivity contribution in [2.75, 3.05) is 13.7 Å². The molecular weight excluding hydrogens is 500 g/mol. The molecule has 200 valence electrons. The molecule has 1 aromatic carbocycles. The molecule has 6 N–H and O–H groups in total. The van der Waals surface area contributed by atoms with Crippen molar-refractivity contribution in [3.05, 3.63) is 39.9 Å². The number of nitro benzene ring substituents is 1. The van der Waals surface area contributed by atoms with E-state index >= 15 is 0 Å². The number of hydrogen-bond acceptors (Lipinski definition) is 8. The van der Waals surface area contributed by atoms with E-state index in [4.69, 9.17) is 34.9 Å². The average Bonchev–Trinajstić information content (AvgIpc) is 2.76. The molecule has 1 atom stereocenters. The number of hydrogen-bond donors (Lipinski definition) is 5. The van der Waals surface area contributed by atoms with Crippen LogP contribution in [-0.2, 0) is 4.74 Å². The molecule has 0 saturated heterocycles. The Morgan fingerprint density at radius 3 is 2.11 bits per heavy atom. The summed E-state index contributed by atoms with van der Waals surface area (Å²) >= 11 is 10.5. The van der Waals surface area contributed by atoms with Gasteiger partial charge in [-0.05, 0) is 70.7 Å². The quantitative estimate of drug-likeness (QED) is 0.0988. The average molecular weight is 539 g/mol. The Morgan fingerprint density at radius 1 is 1.06 bits per heavy atom. The summed E-state index contributed by atoms with van der Waals surface area (Å²) in [5.74, 6) is 0. The van der Waals surface area contributed by atoms with E-state index in [0.717, 1.165) is 0 Å². The minimum atomic E-state index is -0.763. The van der Waals surface area contributed by atoms with Gasteiger partial charge in [-0.25, -0.2) is 0 Å². The fourth-order valence-corrected chi connectivity index (χ4v) is 2.95. The molecular formula is C23H38N8O3S2. The molecule has 0 amide bonds. The first kappa shape index (κ1) is 31.3. The molecule has 0 saturated carbocycles. The van der Waals surface area contributed by atoms with E-state index in [0.29, 0.717) is 40.2 Å². The number of benzene rings is 1. The third-order valence-corrected chi connectivity index (χ3v) is 6.07. The smallest absolute Gasteiger partial charge is 0.269 e. The van der Waals surface area contributed by atoms with Crippen molar-refractivity contribution in [1.29, 1.82) is 0 Å². The standard InChI is InChI=1S/C23H38N8O3S2/c1-15(18(28-29-19(35)25-8)16-9-11-17(12-10-16)31(32)33)27-30-20(36)26-22(5,6)13-14-34-23(7,24)21(2,3)4/h9-12H,13-14,24H2,1-8H3,(H2,25,29,35)(H2,26,30,36)/b27-15+,28-18-. The monoisotopic (exact) mass is 538 g/mol. The van der Waals surface area contributed by atoms with Gasteiger partial charge in [0.1, 0.15) is 11.4 Å². The normalized spacial score (nSPS) is 14.5. The van der Waals surface area contributed by atoms with Crippen molar-refractivity contribution < 1.29 is 9.66 Å². The number of nitrogens with zero attached hydrogens (tertiary/aromatic N) is 3. The SMILES string of the molecule is CNC(=S)N/N=C(/C(C)=N/NC(=S)NC(C)(C)CCOC(C)(N)C(C)(C)C)c1ccc([N+](=O)[O-])cc1. The predicted molar refractivity (Wildman–Crippen MR) is 153 cm³/mol. The van der Waals surface area contributed by atoms with E-state index in [9.17, 15) is 10.1 Å². The van der Waals surface area contributed by atoms with Crippen LogP contribution in [-0.4, -0.2) is 51.5 Å². The van der Waals surface area contributed by atoms with Gasteiger partial charge in [0.05, 0.1) is 17.2 Å². The van der Waals surface area contributed by atoms with Crippen LogP contribution < -0.4 is 27.2 Å². The van der Waals surface area contributed by atoms with E-state index in [2.05, 4.69) is 31.7 Å². The number of nitro groups is 1. The molecule has 0 aromatic heterocycles. The molecule has 1 rings (SSSR count). The van der Waals surface area contributed by atoms with Gasteiger partial charge >= 0.3 is 0 Å². The van der Waals surface area contributed by atoms with E-state index in [1.807, 2.05) is 41.5 Å². The molecule has 0 radical (unpaired) electrons. The number of rotatable bonds is 10. The van der Waals surface area contributed by atoms with E-state index in [1.165, 1.54) is 12.1 Å². The highest BCUT2D eigenvalue weighted by Gasteiger charge is 2.35. The summed E-state index contributed by atoms with van der Waals surface area (Å²) < 4.78 is 5.93. The lowest BCUT2D eigenvalue weighted by molar-refractivity contribution is -0.384. The Bertz CT molecular complexity index is 1000. The second kappa shape index (κ2) is 13.0. The Hall–Kier alpha value is -2.74. The zero-order valence-electron chi connectivity index (χ0n) is 22.2. The van der Waals surface area contributed by atoms with Crippen molar-refractivity contribution in [3.8, 4) is 0 Å². The molecule has 0 spiro atoms. The Morgan fingerprint density at radius 2 is 1.61 bits per heavy atom. The topological polar surface area (TPSA) is 151 Å². The highest BCUT2D eigenvalue weighted by Crippen LogP contribution is 2.29. The predicted octanol–water partition coefficient (Wildman–Crippen LogP) is 3.14. The molecule has 0 aliphatic carbocycles. The van der Waals surface area contributed by atoms with Gasteiger partial charge in [-0.1, -0.05) is 20.8 Å². The largest absolute Gasteiger partial charge is 0.364 e. The van der Waals surface area contributed by atoms with Crippen LogP contribution in [0.1, 0.15) is 60.5 Å². The van der Waals surface area contributed by atoms with Crippen molar-refractivity contribution >= 4 is 51.8 Å². The highest BCUT2D eigenvalue weighted by molar-refractivity contribution is 7.80. The van der Waals surface area contributed by atoms with Crippen LogP contribution in [0.5, 0.6) is 0 Å². The number of non-ortho nitro benzene ring substituents is 1. The van der Waals surface area contributed by atoms with Gasteiger partial charge in [-0.3, -0.25) is 21.0 Å². The summed E-state index contributed by atoms with van der Waals surface area (Å²) in [5.41, 5.74) is 12.0. The first-order valence-corrected chi connectivity index (χ1v) is 12.2. The van der Waals surface area contributed by atoms with Gasteiger partial charge in [-0.2, -0.15) is 10.2 Å². The summed E-state index contributed by atoms with van der Waals surface area (Å²) in [7, 11) is 1.66. The van der Waals surface area contributed by atoms with E-state index < -0.39 is 16.2 Å². The third kappa shape index (κ3) is 10.1. The number of hydrazone groups is 2. The van der Waals surface area contributed by atoms with Crippen LogP contribution in [0.15, 0.2) is 34.5 Å². The zero-order valence-corrected chi connectivity index (χ0v) is 23.8. The lowest BCUT2D eigenvalue weighted by Crippen LogP contribution is -2.52. The molecule has 13 heteroatoms. The van der Waals surface area contributed by atoms with Crippen LogP contribution in [0, 0.1) is 15.5 Å². The van der Waals surface area contributed by atoms with Gasteiger partial charge in [0.15, 0.2) is 10.2 Å². The van der Waals surface area contributed by atoms with Crippen LogP contribution in [0.25, 0.3) is 0 Å². The van der Waals surface area contributed by atoms with Gasteiger partial charge in [0.25, 0.3) is 5.69 Å². The second-order valence-electron chi connectivity index (χ2n) is 10.1. The van der Waals surface area contributed by atoms with Crippen LogP contribution >= 0.6 is 24.4 Å². The fraction of sp³-hybridized carbons (Fsp3) is 0.565. The Kier molecular flexibility index (Phi) is 11.3. The van der Waals surface area contributed by atoms with Gasteiger partial charge < -0.3 is 21.1 Å². The summed E-state index contributed by atoms with van der Waals surface area (Å²) in [6, 6.07) is 5.96. The third-order valence-electron chi connectivity index (χ3n) is 5.59. The first-order chi connectivity index (χ1) is 16.5. The highest BCUT2D eigenvalue weighted by atomic mass is 32.1. The molecule has 0 heterocycles. The fourth-order valence-electron chi connectivity index (χ4n) is 2.58. The number of ether oxygens (including phenoxy) is 1. The number of nitrogens with one attached hydrogen (secondary N) is 4. The molecule has 11 nitrogen and oxygen atoms in total. The molecule has 0 aliphatic heterocycles. The number of nitrogens with two attached hydrogens (primary N) is 1. The summed E-state index contributed by atoms with van der Waals surface area (Å²) in [6.45, 7) is 14.1. The molecule has 36 heavy (non-hydrogen) atoms. The lowest BCUT2D eigenvalue weighted by atomic mass is 9.85. The summed E-state index contributed by atoms with van der Waals surface area (Å²) in [5, 5.41) is 26.2. The van der Waals surface area contributed by atoms with E-state index in [-0.39, 0.29) is 11.1 Å². The maximum Gasteiger partial charge on any atom is 0.269 e. The van der Waals surface area contributed by atoms with Crippen LogP contribution in [0.3, 0.4) is 0 Å². The number of thiocarbonyl (C=S) groups is 2. The minimum Gasteiger partial charge on any atom is -0.364 e. The van der Waals surface area contributed by atoms with Crippen molar-refractivity contribution in [3.63, 3.8) is 0 Å². The van der Waals surface area contributed by atoms with Crippen molar-refractivity contribution in [2.45, 2.75) is 66.2 Å². The summed E-state index contributed by atoms with van der Waals surface area (Å²) in [4.78, 5) is 10.5. The van der Waals surface area contributed by atoms with E-state index in [1.54, 1.807) is 26.1 Å². The Balaban J connectivity index is 2.90. The van der Waals surface area contributed by atoms with Crippen molar-refractivity contribution in [2.24, 2.45) is 21.4 Å². The maximum atomic E-state index is 11.0. The molecule has 0 fully saturated rings.